The van der Waals surface area contributed by atoms with Gasteiger partial charge >= 0.3 is 0 Å². The maximum absolute atomic E-state index is 13.6. The maximum Gasteiger partial charge on any atom is 0.243 e. The van der Waals surface area contributed by atoms with Crippen LogP contribution in [-0.4, -0.2) is 25.8 Å². The summed E-state index contributed by atoms with van der Waals surface area (Å²) in [6.45, 7) is 1.54. The van der Waals surface area contributed by atoms with E-state index in [0.29, 0.717) is 30.1 Å². The van der Waals surface area contributed by atoms with Crippen LogP contribution in [0.25, 0.3) is 0 Å². The summed E-state index contributed by atoms with van der Waals surface area (Å²) >= 11 is 0. The first-order valence-corrected chi connectivity index (χ1v) is 9.59. The molecule has 0 radical (unpaired) electrons. The van der Waals surface area contributed by atoms with E-state index in [0.717, 1.165) is 24.9 Å². The number of nitrogens with one attached hydrogen (secondary N) is 1. The van der Waals surface area contributed by atoms with Gasteiger partial charge in [-0.05, 0) is 43.2 Å². The Kier molecular flexibility index (Phi) is 5.16. The standard InChI is InChI=1S/C18H21FN2O2S/c19-18-7-3-2-6-15(18)14-20-16-8-10-17(11-9-16)24(22,23)21-12-4-1-5-13-21/h2-3,6-11,20H,1,4-5,12-14H2. The van der Waals surface area contributed by atoms with E-state index in [4.69, 9.17) is 0 Å². The van der Waals surface area contributed by atoms with Crippen LogP contribution in [0.4, 0.5) is 10.1 Å². The first-order valence-electron chi connectivity index (χ1n) is 8.15. The summed E-state index contributed by atoms with van der Waals surface area (Å²) in [6, 6.07) is 13.2. The van der Waals surface area contributed by atoms with Gasteiger partial charge in [0.2, 0.25) is 10.0 Å². The molecule has 1 heterocycles. The first kappa shape index (κ1) is 16.9. The Labute approximate surface area is 142 Å². The third-order valence-electron chi connectivity index (χ3n) is 4.25. The number of piperidine rings is 1. The third-order valence-corrected chi connectivity index (χ3v) is 6.16. The minimum Gasteiger partial charge on any atom is -0.381 e. The largest absolute Gasteiger partial charge is 0.381 e. The monoisotopic (exact) mass is 348 g/mol. The molecule has 1 aliphatic rings. The van der Waals surface area contributed by atoms with Gasteiger partial charge in [-0.15, -0.1) is 0 Å². The zero-order valence-corrected chi connectivity index (χ0v) is 14.2. The van der Waals surface area contributed by atoms with Gasteiger partial charge in [0.05, 0.1) is 4.90 Å². The van der Waals surface area contributed by atoms with Gasteiger partial charge in [0.15, 0.2) is 0 Å². The van der Waals surface area contributed by atoms with E-state index < -0.39 is 10.0 Å². The molecule has 0 saturated carbocycles. The van der Waals surface area contributed by atoms with Crippen LogP contribution in [-0.2, 0) is 16.6 Å². The number of anilines is 1. The molecule has 1 aliphatic heterocycles. The Balaban J connectivity index is 1.68. The molecule has 4 nitrogen and oxygen atoms in total. The van der Waals surface area contributed by atoms with Crippen molar-refractivity contribution in [3.8, 4) is 0 Å². The fourth-order valence-corrected chi connectivity index (χ4v) is 4.36. The molecule has 0 atom stereocenters. The van der Waals surface area contributed by atoms with Gasteiger partial charge in [0.25, 0.3) is 0 Å². The van der Waals surface area contributed by atoms with Gasteiger partial charge in [0, 0.05) is 30.9 Å². The number of nitrogens with zero attached hydrogens (tertiary/aromatic N) is 1. The lowest BCUT2D eigenvalue weighted by atomic mass is 10.2. The molecular formula is C18H21FN2O2S. The molecule has 0 spiro atoms. The summed E-state index contributed by atoms with van der Waals surface area (Å²) in [5.74, 6) is -0.255. The zero-order chi connectivity index (χ0) is 17.0. The molecule has 24 heavy (non-hydrogen) atoms. The highest BCUT2D eigenvalue weighted by atomic mass is 32.2. The molecule has 1 fully saturated rings. The van der Waals surface area contributed by atoms with E-state index in [-0.39, 0.29) is 5.82 Å². The summed E-state index contributed by atoms with van der Waals surface area (Å²) in [4.78, 5) is 0.306. The average Bonchev–Trinajstić information content (AvgIpc) is 2.62. The van der Waals surface area contributed by atoms with Gasteiger partial charge in [-0.2, -0.15) is 4.31 Å². The van der Waals surface area contributed by atoms with Crippen LogP contribution < -0.4 is 5.32 Å². The Morgan fingerprint density at radius 2 is 1.62 bits per heavy atom. The van der Waals surface area contributed by atoms with E-state index in [9.17, 15) is 12.8 Å². The van der Waals surface area contributed by atoms with E-state index in [1.165, 1.54) is 6.07 Å². The molecule has 128 valence electrons. The molecule has 2 aromatic rings. The van der Waals surface area contributed by atoms with Crippen LogP contribution in [0, 0.1) is 5.82 Å². The lowest BCUT2D eigenvalue weighted by Crippen LogP contribution is -2.35. The second-order valence-corrected chi connectivity index (χ2v) is 7.87. The lowest BCUT2D eigenvalue weighted by Gasteiger charge is -2.25. The van der Waals surface area contributed by atoms with E-state index in [1.54, 1.807) is 46.8 Å². The van der Waals surface area contributed by atoms with Gasteiger partial charge in [0.1, 0.15) is 5.82 Å². The average molecular weight is 348 g/mol. The summed E-state index contributed by atoms with van der Waals surface area (Å²) in [5, 5.41) is 3.11. The Morgan fingerprint density at radius 3 is 2.29 bits per heavy atom. The SMILES string of the molecule is O=S(=O)(c1ccc(NCc2ccccc2F)cc1)N1CCCCC1. The van der Waals surface area contributed by atoms with Crippen LogP contribution >= 0.6 is 0 Å². The first-order chi connectivity index (χ1) is 11.6. The number of hydrogen-bond acceptors (Lipinski definition) is 3. The van der Waals surface area contributed by atoms with Gasteiger partial charge in [-0.3, -0.25) is 0 Å². The highest BCUT2D eigenvalue weighted by Crippen LogP contribution is 2.22. The molecule has 0 amide bonds. The maximum atomic E-state index is 13.6. The fraction of sp³-hybridized carbons (Fsp3) is 0.333. The smallest absolute Gasteiger partial charge is 0.243 e. The van der Waals surface area contributed by atoms with Gasteiger partial charge in [-0.1, -0.05) is 24.6 Å². The molecule has 3 rings (SSSR count). The van der Waals surface area contributed by atoms with Crippen LogP contribution in [0.2, 0.25) is 0 Å². The molecule has 0 unspecified atom stereocenters. The second-order valence-electron chi connectivity index (χ2n) is 5.93. The van der Waals surface area contributed by atoms with Crippen molar-refractivity contribution in [3.63, 3.8) is 0 Å². The Bertz CT molecular complexity index is 785. The normalized spacial score (nSPS) is 16.0. The minimum absolute atomic E-state index is 0.255. The van der Waals surface area contributed by atoms with E-state index in [2.05, 4.69) is 5.32 Å². The number of halogens is 1. The zero-order valence-electron chi connectivity index (χ0n) is 13.4. The molecule has 2 aromatic carbocycles. The van der Waals surface area contributed by atoms with Gasteiger partial charge in [-0.25, -0.2) is 12.8 Å². The Hall–Kier alpha value is -1.92. The third kappa shape index (κ3) is 3.76. The van der Waals surface area contributed by atoms with Crippen molar-refractivity contribution in [2.75, 3.05) is 18.4 Å². The van der Waals surface area contributed by atoms with E-state index >= 15 is 0 Å². The predicted molar refractivity (Wildman–Crippen MR) is 92.8 cm³/mol. The topological polar surface area (TPSA) is 49.4 Å². The summed E-state index contributed by atoms with van der Waals surface area (Å²) in [7, 11) is -3.41. The molecule has 6 heteroatoms. The number of hydrogen-bond donors (Lipinski definition) is 1. The summed E-state index contributed by atoms with van der Waals surface area (Å²) in [6.07, 6.45) is 2.92. The minimum atomic E-state index is -3.41. The van der Waals surface area contributed by atoms with Crippen molar-refractivity contribution in [2.45, 2.75) is 30.7 Å². The highest BCUT2D eigenvalue weighted by molar-refractivity contribution is 7.89. The second kappa shape index (κ2) is 7.32. The van der Waals surface area contributed by atoms with Gasteiger partial charge < -0.3 is 5.32 Å². The predicted octanol–water partition coefficient (Wildman–Crippen LogP) is 3.61. The highest BCUT2D eigenvalue weighted by Gasteiger charge is 2.25. The molecular weight excluding hydrogens is 327 g/mol. The van der Waals surface area contributed by atoms with Crippen molar-refractivity contribution >= 4 is 15.7 Å². The number of rotatable bonds is 5. The van der Waals surface area contributed by atoms with Crippen LogP contribution in [0.3, 0.4) is 0 Å². The van der Waals surface area contributed by atoms with Crippen LogP contribution in [0.5, 0.6) is 0 Å². The molecule has 0 bridgehead atoms. The van der Waals surface area contributed by atoms with Crippen molar-refractivity contribution < 1.29 is 12.8 Å². The molecule has 0 aromatic heterocycles. The van der Waals surface area contributed by atoms with Crippen molar-refractivity contribution in [2.24, 2.45) is 0 Å². The fourth-order valence-electron chi connectivity index (χ4n) is 2.84. The molecule has 1 N–H and O–H groups in total. The summed E-state index contributed by atoms with van der Waals surface area (Å²) in [5.41, 5.74) is 1.33. The van der Waals surface area contributed by atoms with Crippen LogP contribution in [0.1, 0.15) is 24.8 Å². The van der Waals surface area contributed by atoms with Crippen molar-refractivity contribution in [3.05, 3.63) is 59.9 Å². The Morgan fingerprint density at radius 1 is 0.958 bits per heavy atom. The van der Waals surface area contributed by atoms with Crippen LogP contribution in [0.15, 0.2) is 53.4 Å². The lowest BCUT2D eigenvalue weighted by molar-refractivity contribution is 0.346. The molecule has 0 aliphatic carbocycles. The number of sulfonamides is 1. The summed E-state index contributed by atoms with van der Waals surface area (Å²) < 4.78 is 40.3. The van der Waals surface area contributed by atoms with Crippen molar-refractivity contribution in [1.29, 1.82) is 0 Å². The van der Waals surface area contributed by atoms with Crippen molar-refractivity contribution in [1.82, 2.24) is 4.31 Å². The quantitative estimate of drug-likeness (QED) is 0.898. The molecule has 1 saturated heterocycles. The van der Waals surface area contributed by atoms with E-state index in [1.807, 2.05) is 0 Å². The number of benzene rings is 2.